The molecule has 0 saturated carbocycles. The standard InChI is InChI=1S/C24H29N3O3/c28-22-9-5-2-6-12-25(22)14-11-23(29)26-13-10-20-15-24(30)27(18-21(20)17-26)16-19-7-3-1-4-8-19/h1,3-4,7-8,15,18H,2,5-6,9-14,16-17H2. The average Bonchev–Trinajstić information content (AvgIpc) is 2.97. The van der Waals surface area contributed by atoms with Gasteiger partial charge in [0.15, 0.2) is 0 Å². The predicted molar refractivity (Wildman–Crippen MR) is 115 cm³/mol. The van der Waals surface area contributed by atoms with Crippen molar-refractivity contribution in [3.8, 4) is 0 Å². The van der Waals surface area contributed by atoms with Gasteiger partial charge < -0.3 is 14.4 Å². The number of likely N-dealkylation sites (tertiary alicyclic amines) is 1. The highest BCUT2D eigenvalue weighted by atomic mass is 16.2. The van der Waals surface area contributed by atoms with Crippen molar-refractivity contribution in [3.63, 3.8) is 0 Å². The number of pyridine rings is 1. The van der Waals surface area contributed by atoms with Gasteiger partial charge in [0.1, 0.15) is 0 Å². The molecule has 1 saturated heterocycles. The van der Waals surface area contributed by atoms with Crippen LogP contribution >= 0.6 is 0 Å². The van der Waals surface area contributed by atoms with Gasteiger partial charge in [-0.25, -0.2) is 0 Å². The van der Waals surface area contributed by atoms with E-state index in [1.54, 1.807) is 10.6 Å². The summed E-state index contributed by atoms with van der Waals surface area (Å²) in [5.74, 6) is 0.257. The van der Waals surface area contributed by atoms with Crippen LogP contribution in [0.1, 0.15) is 48.8 Å². The quantitative estimate of drug-likeness (QED) is 0.765. The van der Waals surface area contributed by atoms with Gasteiger partial charge >= 0.3 is 0 Å². The third kappa shape index (κ3) is 4.81. The Morgan fingerprint density at radius 1 is 0.933 bits per heavy atom. The molecule has 1 fully saturated rings. The molecule has 30 heavy (non-hydrogen) atoms. The average molecular weight is 408 g/mol. The topological polar surface area (TPSA) is 62.6 Å². The minimum Gasteiger partial charge on any atom is -0.342 e. The summed E-state index contributed by atoms with van der Waals surface area (Å²) in [5, 5.41) is 0. The van der Waals surface area contributed by atoms with Crippen molar-refractivity contribution in [1.82, 2.24) is 14.4 Å². The molecule has 158 valence electrons. The number of carbonyl (C=O) groups is 2. The first-order valence-electron chi connectivity index (χ1n) is 10.9. The van der Waals surface area contributed by atoms with E-state index in [4.69, 9.17) is 0 Å². The number of hydrogen-bond acceptors (Lipinski definition) is 3. The molecule has 2 amide bonds. The lowest BCUT2D eigenvalue weighted by Crippen LogP contribution is -2.40. The predicted octanol–water partition coefficient (Wildman–Crippen LogP) is 2.57. The van der Waals surface area contributed by atoms with Crippen molar-refractivity contribution in [2.75, 3.05) is 19.6 Å². The molecule has 2 aromatic rings. The van der Waals surface area contributed by atoms with E-state index in [-0.39, 0.29) is 17.4 Å². The van der Waals surface area contributed by atoms with Crippen LogP contribution in [0.15, 0.2) is 47.4 Å². The molecular weight excluding hydrogens is 378 g/mol. The van der Waals surface area contributed by atoms with Crippen LogP contribution in [0, 0.1) is 0 Å². The van der Waals surface area contributed by atoms with Gasteiger partial charge in [-0.05, 0) is 36.0 Å². The Morgan fingerprint density at radius 3 is 2.60 bits per heavy atom. The summed E-state index contributed by atoms with van der Waals surface area (Å²) < 4.78 is 1.72. The van der Waals surface area contributed by atoms with Gasteiger partial charge in [0, 0.05) is 51.3 Å². The summed E-state index contributed by atoms with van der Waals surface area (Å²) in [6.45, 7) is 2.95. The van der Waals surface area contributed by atoms with Crippen molar-refractivity contribution >= 4 is 11.8 Å². The van der Waals surface area contributed by atoms with Gasteiger partial charge in [-0.15, -0.1) is 0 Å². The zero-order valence-corrected chi connectivity index (χ0v) is 17.4. The minimum atomic E-state index is -0.00273. The maximum absolute atomic E-state index is 12.8. The molecule has 0 N–H and O–H groups in total. The van der Waals surface area contributed by atoms with E-state index < -0.39 is 0 Å². The lowest BCUT2D eigenvalue weighted by Gasteiger charge is -2.30. The van der Waals surface area contributed by atoms with Gasteiger partial charge in [-0.1, -0.05) is 36.8 Å². The number of carbonyl (C=O) groups excluding carboxylic acids is 2. The first kappa shape index (κ1) is 20.4. The van der Waals surface area contributed by atoms with E-state index in [0.29, 0.717) is 45.4 Å². The van der Waals surface area contributed by atoms with E-state index in [9.17, 15) is 14.4 Å². The summed E-state index contributed by atoms with van der Waals surface area (Å²) >= 11 is 0. The first-order valence-corrected chi connectivity index (χ1v) is 10.9. The summed E-state index contributed by atoms with van der Waals surface area (Å²) in [6, 6.07) is 11.6. The van der Waals surface area contributed by atoms with Crippen LogP contribution in [-0.2, 0) is 29.1 Å². The smallest absolute Gasteiger partial charge is 0.251 e. The Kier molecular flexibility index (Phi) is 6.31. The van der Waals surface area contributed by atoms with Crippen molar-refractivity contribution < 1.29 is 9.59 Å². The molecule has 6 heteroatoms. The van der Waals surface area contributed by atoms with Crippen LogP contribution in [0.3, 0.4) is 0 Å². The summed E-state index contributed by atoms with van der Waals surface area (Å²) in [7, 11) is 0. The fourth-order valence-corrected chi connectivity index (χ4v) is 4.35. The fourth-order valence-electron chi connectivity index (χ4n) is 4.35. The second kappa shape index (κ2) is 9.28. The lowest BCUT2D eigenvalue weighted by atomic mass is 10.0. The first-order chi connectivity index (χ1) is 14.6. The highest BCUT2D eigenvalue weighted by molar-refractivity contribution is 5.79. The van der Waals surface area contributed by atoms with Crippen molar-refractivity contribution in [2.24, 2.45) is 0 Å². The number of amides is 2. The van der Waals surface area contributed by atoms with E-state index >= 15 is 0 Å². The van der Waals surface area contributed by atoms with Gasteiger partial charge in [0.25, 0.3) is 5.56 Å². The van der Waals surface area contributed by atoms with Gasteiger partial charge in [0.05, 0.1) is 6.54 Å². The van der Waals surface area contributed by atoms with Crippen molar-refractivity contribution in [2.45, 2.75) is 51.6 Å². The number of hydrogen-bond donors (Lipinski definition) is 0. The molecule has 6 nitrogen and oxygen atoms in total. The lowest BCUT2D eigenvalue weighted by molar-refractivity contribution is -0.134. The third-order valence-electron chi connectivity index (χ3n) is 6.13. The van der Waals surface area contributed by atoms with E-state index in [0.717, 1.165) is 42.5 Å². The molecule has 0 unspecified atom stereocenters. The number of benzene rings is 1. The summed E-state index contributed by atoms with van der Waals surface area (Å²) in [6.07, 6.45) is 6.64. The van der Waals surface area contributed by atoms with Gasteiger partial charge in [0.2, 0.25) is 11.8 Å². The molecule has 1 aromatic heterocycles. The fraction of sp³-hybridized carbons (Fsp3) is 0.458. The molecule has 3 heterocycles. The van der Waals surface area contributed by atoms with Crippen LogP contribution in [0.2, 0.25) is 0 Å². The SMILES string of the molecule is O=C1CCCCCN1CCC(=O)N1CCc2cc(=O)n(Cc3ccccc3)cc2C1. The van der Waals surface area contributed by atoms with Crippen LogP contribution in [0.25, 0.3) is 0 Å². The molecule has 0 spiro atoms. The van der Waals surface area contributed by atoms with E-state index in [2.05, 4.69) is 0 Å². The normalized spacial score (nSPS) is 16.9. The number of aromatic nitrogens is 1. The maximum Gasteiger partial charge on any atom is 0.251 e. The summed E-state index contributed by atoms with van der Waals surface area (Å²) in [4.78, 5) is 41.2. The second-order valence-corrected chi connectivity index (χ2v) is 8.28. The summed E-state index contributed by atoms with van der Waals surface area (Å²) in [5.41, 5.74) is 3.15. The Hall–Kier alpha value is -2.89. The molecule has 0 atom stereocenters. The number of nitrogens with zero attached hydrogens (tertiary/aromatic N) is 3. The Morgan fingerprint density at radius 2 is 1.77 bits per heavy atom. The monoisotopic (exact) mass is 407 g/mol. The van der Waals surface area contributed by atoms with Crippen LogP contribution in [0.5, 0.6) is 0 Å². The van der Waals surface area contributed by atoms with Gasteiger partial charge in [-0.2, -0.15) is 0 Å². The molecule has 1 aromatic carbocycles. The number of fused-ring (bicyclic) bond motifs is 1. The van der Waals surface area contributed by atoms with Gasteiger partial charge in [-0.3, -0.25) is 14.4 Å². The molecule has 2 aliphatic heterocycles. The molecular formula is C24H29N3O3. The van der Waals surface area contributed by atoms with Crippen molar-refractivity contribution in [3.05, 3.63) is 69.6 Å². The largest absolute Gasteiger partial charge is 0.342 e. The molecule has 0 radical (unpaired) electrons. The zero-order valence-electron chi connectivity index (χ0n) is 17.4. The highest BCUT2D eigenvalue weighted by Crippen LogP contribution is 2.19. The zero-order chi connectivity index (χ0) is 20.9. The molecule has 2 aliphatic rings. The Labute approximate surface area is 177 Å². The number of rotatable bonds is 5. The minimum absolute atomic E-state index is 0.00273. The second-order valence-electron chi connectivity index (χ2n) is 8.28. The maximum atomic E-state index is 12.8. The van der Waals surface area contributed by atoms with E-state index in [1.165, 1.54) is 0 Å². The van der Waals surface area contributed by atoms with Crippen LogP contribution < -0.4 is 5.56 Å². The Balaban J connectivity index is 1.40. The molecule has 4 rings (SSSR count). The van der Waals surface area contributed by atoms with Crippen LogP contribution in [-0.4, -0.2) is 45.8 Å². The molecule has 0 bridgehead atoms. The van der Waals surface area contributed by atoms with Crippen molar-refractivity contribution in [1.29, 1.82) is 0 Å². The third-order valence-corrected chi connectivity index (χ3v) is 6.13. The van der Waals surface area contributed by atoms with Crippen LogP contribution in [0.4, 0.5) is 0 Å². The van der Waals surface area contributed by atoms with E-state index in [1.807, 2.05) is 46.3 Å². The highest BCUT2D eigenvalue weighted by Gasteiger charge is 2.23. The molecule has 0 aliphatic carbocycles. The Bertz CT molecular complexity index is 967.